The van der Waals surface area contributed by atoms with Crippen molar-refractivity contribution in [3.8, 4) is 5.75 Å². The Morgan fingerprint density at radius 3 is 2.62 bits per heavy atom. The molecular formula is C18H22BrNO. The summed E-state index contributed by atoms with van der Waals surface area (Å²) in [5, 5.41) is 3.51. The molecule has 0 aliphatic rings. The summed E-state index contributed by atoms with van der Waals surface area (Å²) in [4.78, 5) is 0. The highest BCUT2D eigenvalue weighted by Crippen LogP contribution is 2.22. The van der Waals surface area contributed by atoms with E-state index < -0.39 is 0 Å². The first-order valence-electron chi connectivity index (χ1n) is 7.29. The fourth-order valence-corrected chi connectivity index (χ4v) is 2.69. The van der Waals surface area contributed by atoms with Crippen molar-refractivity contribution in [3.05, 3.63) is 64.1 Å². The molecule has 0 saturated carbocycles. The van der Waals surface area contributed by atoms with Gasteiger partial charge in [-0.1, -0.05) is 53.2 Å². The van der Waals surface area contributed by atoms with Gasteiger partial charge in [-0.05, 0) is 48.2 Å². The molecule has 0 fully saturated rings. The molecule has 1 N–H and O–H groups in total. The van der Waals surface area contributed by atoms with Crippen LogP contribution in [0.25, 0.3) is 0 Å². The van der Waals surface area contributed by atoms with Crippen LogP contribution in [-0.4, -0.2) is 13.7 Å². The van der Waals surface area contributed by atoms with E-state index in [1.807, 2.05) is 12.1 Å². The molecule has 0 saturated heterocycles. The topological polar surface area (TPSA) is 21.3 Å². The van der Waals surface area contributed by atoms with E-state index in [9.17, 15) is 0 Å². The van der Waals surface area contributed by atoms with Crippen LogP contribution < -0.4 is 10.1 Å². The Morgan fingerprint density at radius 1 is 1.14 bits per heavy atom. The lowest BCUT2D eigenvalue weighted by atomic mass is 9.98. The van der Waals surface area contributed by atoms with E-state index in [0.29, 0.717) is 5.92 Å². The minimum absolute atomic E-state index is 0.576. The molecule has 112 valence electrons. The number of halogens is 1. The highest BCUT2D eigenvalue weighted by atomic mass is 79.9. The maximum atomic E-state index is 5.26. The molecule has 0 heterocycles. The minimum atomic E-state index is 0.576. The summed E-state index contributed by atoms with van der Waals surface area (Å²) in [5.41, 5.74) is 2.63. The fraction of sp³-hybridized carbons (Fsp3) is 0.333. The second kappa shape index (κ2) is 8.20. The van der Waals surface area contributed by atoms with Gasteiger partial charge in [0.15, 0.2) is 0 Å². The Labute approximate surface area is 135 Å². The van der Waals surface area contributed by atoms with Crippen molar-refractivity contribution >= 4 is 15.9 Å². The smallest absolute Gasteiger partial charge is 0.119 e. The normalized spacial score (nSPS) is 12.1. The summed E-state index contributed by atoms with van der Waals surface area (Å²) in [6.07, 6.45) is 1.13. The van der Waals surface area contributed by atoms with Gasteiger partial charge in [-0.25, -0.2) is 0 Å². The first-order chi connectivity index (χ1) is 10.2. The van der Waals surface area contributed by atoms with Crippen LogP contribution >= 0.6 is 15.9 Å². The summed E-state index contributed by atoms with van der Waals surface area (Å²) in [7, 11) is 1.70. The number of rotatable bonds is 7. The van der Waals surface area contributed by atoms with Gasteiger partial charge in [-0.2, -0.15) is 0 Å². The molecule has 3 heteroatoms. The molecule has 0 aliphatic heterocycles. The van der Waals surface area contributed by atoms with Crippen LogP contribution in [-0.2, 0) is 6.54 Å². The SMILES string of the molecule is COc1ccc(Br)c(CNCCC(C)c2ccccc2)c1. The zero-order valence-electron chi connectivity index (χ0n) is 12.6. The van der Waals surface area contributed by atoms with Gasteiger partial charge in [0.1, 0.15) is 5.75 Å². The molecule has 2 aromatic carbocycles. The van der Waals surface area contributed by atoms with E-state index in [2.05, 4.69) is 64.6 Å². The number of ether oxygens (including phenoxy) is 1. The molecule has 2 aromatic rings. The van der Waals surface area contributed by atoms with E-state index in [1.54, 1.807) is 7.11 Å². The molecule has 2 rings (SSSR count). The number of nitrogens with one attached hydrogen (secondary N) is 1. The van der Waals surface area contributed by atoms with Gasteiger partial charge in [0, 0.05) is 11.0 Å². The standard InChI is InChI=1S/C18H22BrNO/c1-14(15-6-4-3-5-7-15)10-11-20-13-16-12-17(21-2)8-9-18(16)19/h3-9,12,14,20H,10-11,13H2,1-2H3. The number of hydrogen-bond donors (Lipinski definition) is 1. The highest BCUT2D eigenvalue weighted by Gasteiger charge is 2.05. The van der Waals surface area contributed by atoms with Crippen LogP contribution in [0, 0.1) is 0 Å². The quantitative estimate of drug-likeness (QED) is 0.730. The third-order valence-corrected chi connectivity index (χ3v) is 4.46. The molecule has 2 nitrogen and oxygen atoms in total. The van der Waals surface area contributed by atoms with Gasteiger partial charge in [0.25, 0.3) is 0 Å². The second-order valence-corrected chi connectivity index (χ2v) is 6.09. The van der Waals surface area contributed by atoms with Gasteiger partial charge in [-0.15, -0.1) is 0 Å². The predicted molar refractivity (Wildman–Crippen MR) is 91.9 cm³/mol. The van der Waals surface area contributed by atoms with Crippen molar-refractivity contribution in [2.75, 3.05) is 13.7 Å². The average molecular weight is 348 g/mol. The molecule has 0 radical (unpaired) electrons. The van der Waals surface area contributed by atoms with Crippen molar-refractivity contribution in [2.45, 2.75) is 25.8 Å². The number of hydrogen-bond acceptors (Lipinski definition) is 2. The summed E-state index contributed by atoms with van der Waals surface area (Å²) in [6.45, 7) is 4.12. The maximum absolute atomic E-state index is 5.26. The van der Waals surface area contributed by atoms with Crippen molar-refractivity contribution in [2.24, 2.45) is 0 Å². The lowest BCUT2D eigenvalue weighted by Gasteiger charge is -2.13. The summed E-state index contributed by atoms with van der Waals surface area (Å²) >= 11 is 3.58. The van der Waals surface area contributed by atoms with E-state index in [0.717, 1.165) is 29.7 Å². The van der Waals surface area contributed by atoms with Crippen molar-refractivity contribution in [1.29, 1.82) is 0 Å². The zero-order valence-corrected chi connectivity index (χ0v) is 14.2. The Kier molecular flexibility index (Phi) is 6.27. The third-order valence-electron chi connectivity index (χ3n) is 3.69. The van der Waals surface area contributed by atoms with E-state index in [-0.39, 0.29) is 0 Å². The van der Waals surface area contributed by atoms with Crippen molar-refractivity contribution in [1.82, 2.24) is 5.32 Å². The summed E-state index contributed by atoms with van der Waals surface area (Å²) in [6, 6.07) is 16.7. The Morgan fingerprint density at radius 2 is 1.90 bits per heavy atom. The van der Waals surface area contributed by atoms with Crippen LogP contribution in [0.1, 0.15) is 30.4 Å². The third kappa shape index (κ3) is 4.87. The molecule has 0 bridgehead atoms. The van der Waals surface area contributed by atoms with Crippen LogP contribution in [0.4, 0.5) is 0 Å². The van der Waals surface area contributed by atoms with E-state index >= 15 is 0 Å². The zero-order chi connectivity index (χ0) is 15.1. The van der Waals surface area contributed by atoms with Crippen LogP contribution in [0.2, 0.25) is 0 Å². The molecule has 1 atom stereocenters. The van der Waals surface area contributed by atoms with E-state index in [1.165, 1.54) is 11.1 Å². The largest absolute Gasteiger partial charge is 0.497 e. The van der Waals surface area contributed by atoms with Crippen molar-refractivity contribution in [3.63, 3.8) is 0 Å². The van der Waals surface area contributed by atoms with Gasteiger partial charge in [0.05, 0.1) is 7.11 Å². The molecular weight excluding hydrogens is 326 g/mol. The van der Waals surface area contributed by atoms with Gasteiger partial charge in [0.2, 0.25) is 0 Å². The lowest BCUT2D eigenvalue weighted by Crippen LogP contribution is -2.16. The predicted octanol–water partition coefficient (Wildman–Crippen LogP) is 4.74. The Hall–Kier alpha value is -1.32. The highest BCUT2D eigenvalue weighted by molar-refractivity contribution is 9.10. The van der Waals surface area contributed by atoms with Crippen LogP contribution in [0.15, 0.2) is 53.0 Å². The molecule has 21 heavy (non-hydrogen) atoms. The lowest BCUT2D eigenvalue weighted by molar-refractivity contribution is 0.414. The maximum Gasteiger partial charge on any atom is 0.119 e. The summed E-state index contributed by atoms with van der Waals surface area (Å²) in [5.74, 6) is 1.47. The first kappa shape index (κ1) is 16.1. The van der Waals surface area contributed by atoms with E-state index in [4.69, 9.17) is 4.74 Å². The van der Waals surface area contributed by atoms with Gasteiger partial charge >= 0.3 is 0 Å². The van der Waals surface area contributed by atoms with Crippen LogP contribution in [0.5, 0.6) is 5.75 Å². The monoisotopic (exact) mass is 347 g/mol. The van der Waals surface area contributed by atoms with Crippen LogP contribution in [0.3, 0.4) is 0 Å². The number of benzene rings is 2. The Bertz CT molecular complexity index is 556. The summed E-state index contributed by atoms with van der Waals surface area (Å²) < 4.78 is 6.38. The molecule has 0 aliphatic carbocycles. The second-order valence-electron chi connectivity index (χ2n) is 5.23. The molecule has 0 spiro atoms. The number of methoxy groups -OCH3 is 1. The average Bonchev–Trinajstić information content (AvgIpc) is 2.53. The first-order valence-corrected chi connectivity index (χ1v) is 8.08. The molecule has 0 aromatic heterocycles. The molecule has 1 unspecified atom stereocenters. The van der Waals surface area contributed by atoms with Gasteiger partial charge < -0.3 is 10.1 Å². The molecule has 0 amide bonds. The van der Waals surface area contributed by atoms with Gasteiger partial charge in [-0.3, -0.25) is 0 Å². The van der Waals surface area contributed by atoms with Crippen molar-refractivity contribution < 1.29 is 4.74 Å². The minimum Gasteiger partial charge on any atom is -0.497 e. The Balaban J connectivity index is 1.80. The fourth-order valence-electron chi connectivity index (χ4n) is 2.30.